The average Bonchev–Trinajstić information content (AvgIpc) is 2.19. The molecule has 0 amide bonds. The van der Waals surface area contributed by atoms with Crippen LogP contribution in [0.1, 0.15) is 6.42 Å². The second-order valence-electron chi connectivity index (χ2n) is 2.71. The van der Waals surface area contributed by atoms with E-state index in [1.54, 1.807) is 7.11 Å². The van der Waals surface area contributed by atoms with Gasteiger partial charge >= 0.3 is 0 Å². The fraction of sp³-hybridized carbons (Fsp3) is 1.00. The molecule has 2 nitrogen and oxygen atoms in total. The van der Waals surface area contributed by atoms with E-state index in [4.69, 9.17) is 4.74 Å². The molecular formula is C6H12ClNO. The molecule has 9 heavy (non-hydrogen) atoms. The van der Waals surface area contributed by atoms with Gasteiger partial charge in [-0.1, -0.05) is 0 Å². The summed E-state index contributed by atoms with van der Waals surface area (Å²) in [6.45, 7) is 1.18. The van der Waals surface area contributed by atoms with E-state index in [0.29, 0.717) is 12.1 Å². The van der Waals surface area contributed by atoms with Gasteiger partial charge in [0.15, 0.2) is 0 Å². The van der Waals surface area contributed by atoms with Crippen LogP contribution in [-0.2, 0) is 4.74 Å². The molecule has 3 unspecified atom stereocenters. The lowest BCUT2D eigenvalue weighted by molar-refractivity contribution is 0.000685. The first-order chi connectivity index (χ1) is 3.92. The minimum atomic E-state index is 0. The molecule has 3 rings (SSSR count). The zero-order valence-electron chi connectivity index (χ0n) is 5.46. The summed E-state index contributed by atoms with van der Waals surface area (Å²) in [7, 11) is 1.80. The molecule has 3 atom stereocenters. The van der Waals surface area contributed by atoms with Crippen LogP contribution >= 0.6 is 12.4 Å². The van der Waals surface area contributed by atoms with Gasteiger partial charge < -0.3 is 10.1 Å². The van der Waals surface area contributed by atoms with Crippen molar-refractivity contribution in [1.29, 1.82) is 0 Å². The van der Waals surface area contributed by atoms with Gasteiger partial charge in [0.25, 0.3) is 0 Å². The first-order valence-electron chi connectivity index (χ1n) is 3.18. The van der Waals surface area contributed by atoms with E-state index in [-0.39, 0.29) is 12.4 Å². The van der Waals surface area contributed by atoms with Crippen molar-refractivity contribution in [2.75, 3.05) is 13.7 Å². The van der Waals surface area contributed by atoms with Gasteiger partial charge in [-0.25, -0.2) is 0 Å². The van der Waals surface area contributed by atoms with Crippen LogP contribution in [0.5, 0.6) is 0 Å². The third-order valence-corrected chi connectivity index (χ3v) is 2.33. The Balaban J connectivity index is 0.000000405. The number of nitrogens with one attached hydrogen (secondary N) is 1. The minimum Gasteiger partial charge on any atom is -0.379 e. The number of ether oxygens (including phenoxy) is 1. The zero-order chi connectivity index (χ0) is 5.56. The van der Waals surface area contributed by atoms with Crippen LogP contribution in [0.3, 0.4) is 0 Å². The standard InChI is InChI=1S/C6H11NO.ClH/c1-8-6-4-2-5(6)7-3-4;/h4-7H,2-3H2,1H3;1H. The summed E-state index contributed by atoms with van der Waals surface area (Å²) in [5, 5.41) is 3.37. The maximum Gasteiger partial charge on any atom is 0.0765 e. The van der Waals surface area contributed by atoms with Gasteiger partial charge in [0.05, 0.1) is 6.10 Å². The molecule has 0 aromatic carbocycles. The van der Waals surface area contributed by atoms with Gasteiger partial charge in [0, 0.05) is 25.6 Å². The van der Waals surface area contributed by atoms with Crippen molar-refractivity contribution in [2.45, 2.75) is 18.6 Å². The Morgan fingerprint density at radius 3 is 2.56 bits per heavy atom. The third-order valence-electron chi connectivity index (χ3n) is 2.33. The molecule has 2 aliphatic heterocycles. The molecule has 2 heterocycles. The van der Waals surface area contributed by atoms with Gasteiger partial charge in [0.2, 0.25) is 0 Å². The molecule has 3 aliphatic rings. The smallest absolute Gasteiger partial charge is 0.0765 e. The van der Waals surface area contributed by atoms with Crippen molar-refractivity contribution in [3.05, 3.63) is 0 Å². The summed E-state index contributed by atoms with van der Waals surface area (Å²) in [4.78, 5) is 0. The lowest BCUT2D eigenvalue weighted by atomic mass is 9.83. The van der Waals surface area contributed by atoms with Crippen molar-refractivity contribution in [1.82, 2.24) is 5.32 Å². The Bertz CT molecular complexity index is 95.2. The van der Waals surface area contributed by atoms with Gasteiger partial charge in [-0.2, -0.15) is 0 Å². The topological polar surface area (TPSA) is 21.3 Å². The number of halogens is 1. The van der Waals surface area contributed by atoms with Crippen LogP contribution < -0.4 is 5.32 Å². The van der Waals surface area contributed by atoms with E-state index < -0.39 is 0 Å². The second-order valence-corrected chi connectivity index (χ2v) is 2.71. The molecule has 3 fully saturated rings. The molecule has 54 valence electrons. The molecule has 0 aromatic heterocycles. The monoisotopic (exact) mass is 149 g/mol. The number of hydrogen-bond acceptors (Lipinski definition) is 2. The Hall–Kier alpha value is 0.210. The summed E-state index contributed by atoms with van der Waals surface area (Å²) in [6, 6.07) is 0.699. The van der Waals surface area contributed by atoms with Crippen molar-refractivity contribution >= 4 is 12.4 Å². The highest BCUT2D eigenvalue weighted by Gasteiger charge is 2.46. The Kier molecular flexibility index (Phi) is 1.99. The highest BCUT2D eigenvalue weighted by atomic mass is 35.5. The number of rotatable bonds is 1. The molecule has 0 aromatic rings. The summed E-state index contributed by atoms with van der Waals surface area (Å²) >= 11 is 0. The zero-order valence-corrected chi connectivity index (χ0v) is 6.28. The van der Waals surface area contributed by atoms with Crippen molar-refractivity contribution < 1.29 is 4.74 Å². The lowest BCUT2D eigenvalue weighted by Gasteiger charge is -2.32. The summed E-state index contributed by atoms with van der Waals surface area (Å²) < 4.78 is 5.21. The van der Waals surface area contributed by atoms with E-state index in [1.807, 2.05) is 0 Å². The third kappa shape index (κ3) is 0.858. The number of methoxy groups -OCH3 is 1. The van der Waals surface area contributed by atoms with Crippen LogP contribution in [0.15, 0.2) is 0 Å². The normalized spacial score (nSPS) is 45.7. The van der Waals surface area contributed by atoms with E-state index in [2.05, 4.69) is 5.32 Å². The average molecular weight is 150 g/mol. The van der Waals surface area contributed by atoms with E-state index in [9.17, 15) is 0 Å². The molecule has 3 heteroatoms. The molecule has 2 saturated heterocycles. The first-order valence-corrected chi connectivity index (χ1v) is 3.18. The molecule has 1 N–H and O–H groups in total. The quantitative estimate of drug-likeness (QED) is 0.584. The highest BCUT2D eigenvalue weighted by molar-refractivity contribution is 5.85. The van der Waals surface area contributed by atoms with Crippen LogP contribution in [0, 0.1) is 5.92 Å². The predicted octanol–water partition coefficient (Wildman–Crippen LogP) is 0.415. The van der Waals surface area contributed by atoms with E-state index in [1.165, 1.54) is 13.0 Å². The van der Waals surface area contributed by atoms with Crippen LogP contribution in [0.25, 0.3) is 0 Å². The summed E-state index contributed by atoms with van der Waals surface area (Å²) in [6.07, 6.45) is 1.90. The maximum absolute atomic E-state index is 5.21. The van der Waals surface area contributed by atoms with Gasteiger partial charge in [-0.3, -0.25) is 0 Å². The second kappa shape index (κ2) is 2.45. The summed E-state index contributed by atoms with van der Waals surface area (Å²) in [5.74, 6) is 0.838. The van der Waals surface area contributed by atoms with Crippen LogP contribution in [-0.4, -0.2) is 25.8 Å². The van der Waals surface area contributed by atoms with Gasteiger partial charge in [-0.05, 0) is 6.42 Å². The van der Waals surface area contributed by atoms with Gasteiger partial charge in [-0.15, -0.1) is 12.4 Å². The fourth-order valence-corrected chi connectivity index (χ4v) is 1.79. The lowest BCUT2D eigenvalue weighted by Crippen LogP contribution is -2.43. The Morgan fingerprint density at radius 2 is 2.33 bits per heavy atom. The Labute approximate surface area is 61.4 Å². The number of hydrogen-bond donors (Lipinski definition) is 1. The number of fused-ring (bicyclic) bond motifs is 1. The van der Waals surface area contributed by atoms with Crippen LogP contribution in [0.4, 0.5) is 0 Å². The SMILES string of the molecule is COC1C2CNC1C2.Cl. The molecule has 0 spiro atoms. The summed E-state index contributed by atoms with van der Waals surface area (Å²) in [5.41, 5.74) is 0. The van der Waals surface area contributed by atoms with Crippen LogP contribution in [0.2, 0.25) is 0 Å². The van der Waals surface area contributed by atoms with E-state index >= 15 is 0 Å². The van der Waals surface area contributed by atoms with Gasteiger partial charge in [0.1, 0.15) is 0 Å². The molecule has 1 aliphatic carbocycles. The molecule has 1 saturated carbocycles. The fourth-order valence-electron chi connectivity index (χ4n) is 1.79. The Morgan fingerprint density at radius 1 is 1.56 bits per heavy atom. The highest BCUT2D eigenvalue weighted by Crippen LogP contribution is 2.35. The minimum absolute atomic E-state index is 0. The van der Waals surface area contributed by atoms with Crippen molar-refractivity contribution in [2.24, 2.45) is 5.92 Å². The maximum atomic E-state index is 5.21. The van der Waals surface area contributed by atoms with E-state index in [0.717, 1.165) is 5.92 Å². The predicted molar refractivity (Wildman–Crippen MR) is 37.9 cm³/mol. The molecule has 2 bridgehead atoms. The molecule has 0 radical (unpaired) electrons. The van der Waals surface area contributed by atoms with Crippen molar-refractivity contribution in [3.63, 3.8) is 0 Å². The largest absolute Gasteiger partial charge is 0.379 e. The first kappa shape index (κ1) is 7.32. The van der Waals surface area contributed by atoms with Crippen molar-refractivity contribution in [3.8, 4) is 0 Å². The molecular weight excluding hydrogens is 138 g/mol.